The molecular weight excluding hydrogens is 420 g/mol. The van der Waals surface area contributed by atoms with Crippen LogP contribution in [0.15, 0.2) is 30.3 Å². The van der Waals surface area contributed by atoms with Gasteiger partial charge in [-0.05, 0) is 56.1 Å². The summed E-state index contributed by atoms with van der Waals surface area (Å²) in [6, 6.07) is 9.77. The zero-order valence-electron chi connectivity index (χ0n) is 19.1. The molecule has 1 saturated carbocycles. The summed E-state index contributed by atoms with van der Waals surface area (Å²) in [6.07, 6.45) is 8.71. The number of carbonyl (C=O) groups excluding carboxylic acids is 2. The molecule has 0 spiro atoms. The minimum absolute atomic E-state index is 0.112. The Morgan fingerprint density at radius 2 is 1.88 bits per heavy atom. The van der Waals surface area contributed by atoms with Gasteiger partial charge < -0.3 is 10.1 Å². The minimum Gasteiger partial charge on any atom is -0.462 e. The van der Waals surface area contributed by atoms with Gasteiger partial charge in [-0.1, -0.05) is 56.5 Å². The lowest BCUT2D eigenvalue weighted by atomic mass is 9.88. The molecule has 2 atom stereocenters. The van der Waals surface area contributed by atoms with Crippen molar-refractivity contribution in [3.63, 3.8) is 0 Å². The van der Waals surface area contributed by atoms with Crippen molar-refractivity contribution in [2.45, 2.75) is 77.3 Å². The second-order valence-electron chi connectivity index (χ2n) is 9.11. The molecule has 0 bridgehead atoms. The molecule has 0 radical (unpaired) electrons. The van der Waals surface area contributed by atoms with Crippen molar-refractivity contribution in [3.05, 3.63) is 51.9 Å². The standard InChI is InChI=1S/C26H34N2O3S/c1-3-31-26(30)22-20-15-14-17(2)16-21(20)32-25(22)28-24(29)23(18-10-6-4-7-11-18)27-19-12-8-5-9-13-19/h4,6-7,10-11,17,19,23,27H,3,5,8-9,12-16H2,1-2H3,(H,28,29)/t17-,23+/m0/s1. The first-order valence-corrected chi connectivity index (χ1v) is 12.8. The van der Waals surface area contributed by atoms with Crippen molar-refractivity contribution >= 4 is 28.2 Å². The van der Waals surface area contributed by atoms with E-state index in [2.05, 4.69) is 17.6 Å². The number of nitrogens with one attached hydrogen (secondary N) is 2. The van der Waals surface area contributed by atoms with Gasteiger partial charge in [-0.15, -0.1) is 11.3 Å². The zero-order valence-corrected chi connectivity index (χ0v) is 19.9. The molecule has 2 aliphatic rings. The van der Waals surface area contributed by atoms with Crippen LogP contribution in [0.1, 0.15) is 84.8 Å². The second-order valence-corrected chi connectivity index (χ2v) is 10.2. The number of hydrogen-bond acceptors (Lipinski definition) is 5. The highest BCUT2D eigenvalue weighted by atomic mass is 32.1. The average molecular weight is 455 g/mol. The molecule has 1 aromatic heterocycles. The summed E-state index contributed by atoms with van der Waals surface area (Å²) in [6.45, 7) is 4.38. The lowest BCUT2D eigenvalue weighted by Gasteiger charge is -2.28. The zero-order chi connectivity index (χ0) is 22.5. The smallest absolute Gasteiger partial charge is 0.341 e. The highest BCUT2D eigenvalue weighted by Gasteiger charge is 2.31. The number of anilines is 1. The highest BCUT2D eigenvalue weighted by molar-refractivity contribution is 7.17. The number of hydrogen-bond donors (Lipinski definition) is 2. The molecule has 172 valence electrons. The molecule has 4 rings (SSSR count). The van der Waals surface area contributed by atoms with Crippen molar-refractivity contribution < 1.29 is 14.3 Å². The summed E-state index contributed by atoms with van der Waals surface area (Å²) in [5, 5.41) is 7.38. The normalized spacial score (nSPS) is 19.8. The van der Waals surface area contributed by atoms with E-state index >= 15 is 0 Å². The number of carbonyl (C=O) groups is 2. The second kappa shape index (κ2) is 10.6. The van der Waals surface area contributed by atoms with Crippen LogP contribution in [0.3, 0.4) is 0 Å². The van der Waals surface area contributed by atoms with Gasteiger partial charge in [0.2, 0.25) is 5.91 Å². The number of benzene rings is 1. The van der Waals surface area contributed by atoms with Gasteiger partial charge in [0.15, 0.2) is 0 Å². The molecular formula is C26H34N2O3S. The molecule has 32 heavy (non-hydrogen) atoms. The molecule has 6 heteroatoms. The van der Waals surface area contributed by atoms with E-state index in [4.69, 9.17) is 4.74 Å². The summed E-state index contributed by atoms with van der Waals surface area (Å²) >= 11 is 1.55. The van der Waals surface area contributed by atoms with Crippen LogP contribution in [-0.2, 0) is 22.4 Å². The molecule has 0 saturated heterocycles. The van der Waals surface area contributed by atoms with Crippen LogP contribution in [0, 0.1) is 5.92 Å². The molecule has 0 unspecified atom stereocenters. The molecule has 2 N–H and O–H groups in total. The molecule has 1 aromatic carbocycles. The lowest BCUT2D eigenvalue weighted by molar-refractivity contribution is -0.118. The Kier molecular flexibility index (Phi) is 7.63. The Morgan fingerprint density at radius 3 is 2.59 bits per heavy atom. The van der Waals surface area contributed by atoms with Gasteiger partial charge in [0.1, 0.15) is 11.0 Å². The lowest BCUT2D eigenvalue weighted by Crippen LogP contribution is -2.40. The van der Waals surface area contributed by atoms with Crippen LogP contribution in [-0.4, -0.2) is 24.5 Å². The number of rotatable bonds is 7. The van der Waals surface area contributed by atoms with Gasteiger partial charge in [0.25, 0.3) is 0 Å². The molecule has 5 nitrogen and oxygen atoms in total. The Labute approximate surface area is 194 Å². The van der Waals surface area contributed by atoms with Gasteiger partial charge in [-0.2, -0.15) is 0 Å². The van der Waals surface area contributed by atoms with Crippen molar-refractivity contribution in [3.8, 4) is 0 Å². The third-order valence-electron chi connectivity index (χ3n) is 6.63. The molecule has 2 aliphatic carbocycles. The van der Waals surface area contributed by atoms with E-state index in [0.29, 0.717) is 29.1 Å². The van der Waals surface area contributed by atoms with Crippen molar-refractivity contribution in [1.29, 1.82) is 0 Å². The van der Waals surface area contributed by atoms with E-state index < -0.39 is 6.04 Å². The summed E-state index contributed by atoms with van der Waals surface area (Å²) in [5.41, 5.74) is 2.58. The predicted molar refractivity (Wildman–Crippen MR) is 129 cm³/mol. The maximum Gasteiger partial charge on any atom is 0.341 e. The van der Waals surface area contributed by atoms with Crippen molar-refractivity contribution in [2.24, 2.45) is 5.92 Å². The summed E-state index contributed by atoms with van der Waals surface area (Å²) < 4.78 is 5.37. The van der Waals surface area contributed by atoms with E-state index in [1.54, 1.807) is 11.3 Å². The van der Waals surface area contributed by atoms with Gasteiger partial charge >= 0.3 is 5.97 Å². The molecule has 2 aromatic rings. The summed E-state index contributed by atoms with van der Waals surface area (Å²) in [4.78, 5) is 27.6. The maximum atomic E-state index is 13.6. The van der Waals surface area contributed by atoms with E-state index in [-0.39, 0.29) is 11.9 Å². The third-order valence-corrected chi connectivity index (χ3v) is 7.80. The van der Waals surface area contributed by atoms with Gasteiger partial charge in [0.05, 0.1) is 12.2 Å². The summed E-state index contributed by atoms with van der Waals surface area (Å²) in [5.74, 6) is 0.148. The topological polar surface area (TPSA) is 67.4 Å². The fourth-order valence-corrected chi connectivity index (χ4v) is 6.32. The Morgan fingerprint density at radius 1 is 1.12 bits per heavy atom. The van der Waals surface area contributed by atoms with Gasteiger partial charge in [-0.25, -0.2) is 4.79 Å². The molecule has 1 heterocycles. The van der Waals surface area contributed by atoms with Gasteiger partial charge in [0, 0.05) is 10.9 Å². The first kappa shape index (κ1) is 23.0. The number of ether oxygens (including phenoxy) is 1. The van der Waals surface area contributed by atoms with Crippen LogP contribution < -0.4 is 10.6 Å². The van der Waals surface area contributed by atoms with E-state index in [1.165, 1.54) is 24.1 Å². The van der Waals surface area contributed by atoms with Crippen LogP contribution in [0.25, 0.3) is 0 Å². The van der Waals surface area contributed by atoms with Crippen LogP contribution in [0.4, 0.5) is 5.00 Å². The third kappa shape index (κ3) is 5.24. The molecule has 0 aliphatic heterocycles. The number of esters is 1. The number of amides is 1. The fourth-order valence-electron chi connectivity index (χ4n) is 4.92. The van der Waals surface area contributed by atoms with E-state index in [1.807, 2.05) is 37.3 Å². The highest BCUT2D eigenvalue weighted by Crippen LogP contribution is 2.40. The monoisotopic (exact) mass is 454 g/mol. The van der Waals surface area contributed by atoms with Crippen LogP contribution >= 0.6 is 11.3 Å². The Balaban J connectivity index is 1.61. The fraction of sp³-hybridized carbons (Fsp3) is 0.538. The Bertz CT molecular complexity index is 934. The predicted octanol–water partition coefficient (Wildman–Crippen LogP) is 5.65. The van der Waals surface area contributed by atoms with E-state index in [0.717, 1.165) is 43.2 Å². The maximum absolute atomic E-state index is 13.6. The Hall–Kier alpha value is -2.18. The first-order valence-electron chi connectivity index (χ1n) is 12.0. The largest absolute Gasteiger partial charge is 0.462 e. The van der Waals surface area contributed by atoms with E-state index in [9.17, 15) is 9.59 Å². The van der Waals surface area contributed by atoms with Crippen molar-refractivity contribution in [1.82, 2.24) is 5.32 Å². The summed E-state index contributed by atoms with van der Waals surface area (Å²) in [7, 11) is 0. The van der Waals surface area contributed by atoms with Gasteiger partial charge in [-0.3, -0.25) is 10.1 Å². The molecule has 1 amide bonds. The first-order chi connectivity index (χ1) is 15.6. The molecule has 1 fully saturated rings. The minimum atomic E-state index is -0.451. The SMILES string of the molecule is CCOC(=O)c1c(NC(=O)[C@H](NC2CCCCC2)c2ccccc2)sc2c1CC[C@H](C)C2. The van der Waals surface area contributed by atoms with Crippen LogP contribution in [0.2, 0.25) is 0 Å². The van der Waals surface area contributed by atoms with Crippen LogP contribution in [0.5, 0.6) is 0 Å². The number of fused-ring (bicyclic) bond motifs is 1. The number of thiophene rings is 1. The quantitative estimate of drug-likeness (QED) is 0.531. The average Bonchev–Trinajstić information content (AvgIpc) is 3.15. The van der Waals surface area contributed by atoms with Crippen molar-refractivity contribution in [2.75, 3.05) is 11.9 Å².